The summed E-state index contributed by atoms with van der Waals surface area (Å²) in [6, 6.07) is 16.7. The van der Waals surface area contributed by atoms with Crippen LogP contribution in [0.15, 0.2) is 48.5 Å². The number of ketones is 1. The topological polar surface area (TPSA) is 62.6 Å². The van der Waals surface area contributed by atoms with Crippen molar-refractivity contribution < 1.29 is 19.0 Å². The van der Waals surface area contributed by atoms with Crippen LogP contribution in [0.1, 0.15) is 47.3 Å². The smallest absolute Gasteiger partial charge is 0.212 e. The monoisotopic (exact) mass is 472 g/mol. The Labute approximate surface area is 206 Å². The van der Waals surface area contributed by atoms with Crippen molar-refractivity contribution >= 4 is 5.78 Å². The van der Waals surface area contributed by atoms with Crippen molar-refractivity contribution in [2.24, 2.45) is 11.8 Å². The summed E-state index contributed by atoms with van der Waals surface area (Å²) in [4.78, 5) is 13.0. The second-order valence-corrected chi connectivity index (χ2v) is 10.3. The van der Waals surface area contributed by atoms with Gasteiger partial charge in [0.05, 0.1) is 19.8 Å². The fourth-order valence-electron chi connectivity index (χ4n) is 4.94. The van der Waals surface area contributed by atoms with Crippen molar-refractivity contribution in [2.75, 3.05) is 19.8 Å². The highest BCUT2D eigenvalue weighted by atomic mass is 16.5. The second-order valence-electron chi connectivity index (χ2n) is 10.3. The Kier molecular flexibility index (Phi) is 6.06. The van der Waals surface area contributed by atoms with Crippen molar-refractivity contribution in [1.82, 2.24) is 9.78 Å². The predicted molar refractivity (Wildman–Crippen MR) is 133 cm³/mol. The fraction of sp³-hybridized carbons (Fsp3) is 0.448. The molecule has 2 aliphatic heterocycles. The summed E-state index contributed by atoms with van der Waals surface area (Å²) in [5.41, 5.74) is 5.27. The molecule has 0 spiro atoms. The van der Waals surface area contributed by atoms with E-state index in [4.69, 9.17) is 14.2 Å². The predicted octanol–water partition coefficient (Wildman–Crippen LogP) is 5.26. The van der Waals surface area contributed by atoms with Crippen LogP contribution >= 0.6 is 0 Å². The first kappa shape index (κ1) is 22.4. The number of aromatic nitrogens is 2. The maximum Gasteiger partial charge on any atom is 0.212 e. The molecule has 1 saturated carbocycles. The van der Waals surface area contributed by atoms with Crippen LogP contribution in [0, 0.1) is 18.8 Å². The maximum absolute atomic E-state index is 13.0. The van der Waals surface area contributed by atoms with Crippen LogP contribution in [0.3, 0.4) is 0 Å². The lowest BCUT2D eigenvalue weighted by molar-refractivity contribution is 0.0902. The fourth-order valence-corrected chi connectivity index (χ4v) is 4.94. The van der Waals surface area contributed by atoms with Gasteiger partial charge in [-0.1, -0.05) is 35.9 Å². The van der Waals surface area contributed by atoms with Crippen molar-refractivity contribution in [3.8, 4) is 22.8 Å². The molecule has 6 heteroatoms. The van der Waals surface area contributed by atoms with E-state index < -0.39 is 0 Å². The molecule has 6 nitrogen and oxygen atoms in total. The van der Waals surface area contributed by atoms with E-state index in [1.165, 1.54) is 29.5 Å². The molecule has 2 unspecified atom stereocenters. The second kappa shape index (κ2) is 9.50. The molecule has 0 saturated heterocycles. The van der Waals surface area contributed by atoms with Gasteiger partial charge in [-0.15, -0.1) is 0 Å². The Morgan fingerprint density at radius 2 is 1.91 bits per heavy atom. The number of rotatable bonds is 9. The Balaban J connectivity index is 1.04. The first-order chi connectivity index (χ1) is 17.1. The van der Waals surface area contributed by atoms with Gasteiger partial charge in [0, 0.05) is 31.4 Å². The van der Waals surface area contributed by atoms with E-state index in [-0.39, 0.29) is 17.8 Å². The van der Waals surface area contributed by atoms with Gasteiger partial charge in [-0.3, -0.25) is 4.79 Å². The van der Waals surface area contributed by atoms with E-state index in [1.54, 1.807) is 6.07 Å². The van der Waals surface area contributed by atoms with Crippen LogP contribution in [-0.4, -0.2) is 41.5 Å². The van der Waals surface area contributed by atoms with E-state index in [1.807, 2.05) is 10.7 Å². The number of Topliss-reactive ketones (excluding diaryl/α,β-unsaturated/α-hetero) is 1. The van der Waals surface area contributed by atoms with E-state index in [2.05, 4.69) is 48.4 Å². The molecule has 0 bridgehead atoms. The van der Waals surface area contributed by atoms with E-state index in [0.29, 0.717) is 37.8 Å². The summed E-state index contributed by atoms with van der Waals surface area (Å²) in [5.74, 6) is 2.57. The van der Waals surface area contributed by atoms with Crippen molar-refractivity contribution in [3.05, 3.63) is 65.4 Å². The number of nitrogens with zero attached hydrogens (tertiary/aromatic N) is 2. The number of benzene rings is 2. The third kappa shape index (κ3) is 5.13. The minimum absolute atomic E-state index is 0.0477. The van der Waals surface area contributed by atoms with Gasteiger partial charge in [0.1, 0.15) is 17.5 Å². The van der Waals surface area contributed by atoms with Gasteiger partial charge in [-0.05, 0) is 60.9 Å². The average Bonchev–Trinajstić information content (AvgIpc) is 3.48. The van der Waals surface area contributed by atoms with Gasteiger partial charge in [0.2, 0.25) is 5.88 Å². The zero-order chi connectivity index (χ0) is 23.8. The van der Waals surface area contributed by atoms with Crippen LogP contribution in [-0.2, 0) is 17.7 Å². The molecule has 1 aromatic heterocycles. The molecule has 0 amide bonds. The van der Waals surface area contributed by atoms with Crippen molar-refractivity contribution in [3.63, 3.8) is 0 Å². The van der Waals surface area contributed by atoms with E-state index in [0.717, 1.165) is 36.7 Å². The average molecular weight is 473 g/mol. The van der Waals surface area contributed by atoms with Gasteiger partial charge in [0.15, 0.2) is 5.78 Å². The Bertz CT molecular complexity index is 1190. The van der Waals surface area contributed by atoms with Crippen LogP contribution in [0.5, 0.6) is 11.6 Å². The molecular formula is C29H32N2O4. The largest absolute Gasteiger partial charge is 0.493 e. The zero-order valence-electron chi connectivity index (χ0n) is 20.2. The molecule has 3 aliphatic rings. The summed E-state index contributed by atoms with van der Waals surface area (Å²) >= 11 is 0. The highest BCUT2D eigenvalue weighted by molar-refractivity contribution is 5.94. The molecule has 2 atom stereocenters. The number of hydrogen-bond acceptors (Lipinski definition) is 5. The third-order valence-corrected chi connectivity index (χ3v) is 7.23. The molecular weight excluding hydrogens is 440 g/mol. The van der Waals surface area contributed by atoms with Crippen molar-refractivity contribution in [2.45, 2.75) is 51.7 Å². The Morgan fingerprint density at radius 1 is 1.09 bits per heavy atom. The molecule has 6 rings (SSSR count). The standard InChI is InChI=1S/C29H32N2O4/c1-19-2-6-22(7-3-19)23-8-9-28-24(14-23)12-21(18-34-28)13-27(32)26-15-29-31(30-26)16-25(35-29)10-11-33-17-20-4-5-20/h2-3,6-9,14-15,20-21,25H,4-5,10-13,16-18H2,1H3. The van der Waals surface area contributed by atoms with Crippen LogP contribution in [0.25, 0.3) is 11.1 Å². The SMILES string of the molecule is Cc1ccc(-c2ccc3c(c2)CC(CC(=O)c2cc4n(n2)CC(CCOCC2CC2)O4)CO3)cc1. The lowest BCUT2D eigenvalue weighted by Gasteiger charge is -2.25. The van der Waals surface area contributed by atoms with E-state index in [9.17, 15) is 4.79 Å². The summed E-state index contributed by atoms with van der Waals surface area (Å²) < 4.78 is 19.6. The number of fused-ring (bicyclic) bond motifs is 2. The van der Waals surface area contributed by atoms with Gasteiger partial charge >= 0.3 is 0 Å². The highest BCUT2D eigenvalue weighted by Crippen LogP contribution is 2.34. The van der Waals surface area contributed by atoms with Crippen LogP contribution in [0.2, 0.25) is 0 Å². The Hall–Kier alpha value is -3.12. The molecule has 3 heterocycles. The van der Waals surface area contributed by atoms with E-state index >= 15 is 0 Å². The minimum Gasteiger partial charge on any atom is -0.493 e. The van der Waals surface area contributed by atoms with Gasteiger partial charge < -0.3 is 14.2 Å². The summed E-state index contributed by atoms with van der Waals surface area (Å²) in [5, 5.41) is 4.54. The number of carbonyl (C=O) groups is 1. The minimum atomic E-state index is 0.0477. The lowest BCUT2D eigenvalue weighted by Crippen LogP contribution is -2.24. The van der Waals surface area contributed by atoms with Crippen LogP contribution < -0.4 is 9.47 Å². The van der Waals surface area contributed by atoms with Gasteiger partial charge in [-0.25, -0.2) is 4.68 Å². The first-order valence-electron chi connectivity index (χ1n) is 12.8. The van der Waals surface area contributed by atoms with Crippen LogP contribution in [0.4, 0.5) is 0 Å². The highest BCUT2D eigenvalue weighted by Gasteiger charge is 2.29. The molecule has 0 radical (unpaired) electrons. The zero-order valence-corrected chi connectivity index (χ0v) is 20.2. The van der Waals surface area contributed by atoms with Gasteiger partial charge in [-0.2, -0.15) is 5.10 Å². The lowest BCUT2D eigenvalue weighted by atomic mass is 9.90. The quantitative estimate of drug-likeness (QED) is 0.314. The van der Waals surface area contributed by atoms with Gasteiger partial charge in [0.25, 0.3) is 0 Å². The number of aryl methyl sites for hydroxylation is 1. The molecule has 2 aromatic carbocycles. The summed E-state index contributed by atoms with van der Waals surface area (Å²) in [7, 11) is 0. The molecule has 3 aromatic rings. The third-order valence-electron chi connectivity index (χ3n) is 7.23. The molecule has 1 fully saturated rings. The van der Waals surface area contributed by atoms with Crippen molar-refractivity contribution in [1.29, 1.82) is 0 Å². The first-order valence-corrected chi connectivity index (χ1v) is 12.8. The molecule has 182 valence electrons. The number of carbonyl (C=O) groups excluding carboxylic acids is 1. The normalized spacial score (nSPS) is 20.6. The molecule has 0 N–H and O–H groups in total. The molecule has 1 aliphatic carbocycles. The Morgan fingerprint density at radius 3 is 2.71 bits per heavy atom. The maximum atomic E-state index is 13.0. The number of hydrogen-bond donors (Lipinski definition) is 0. The summed E-state index contributed by atoms with van der Waals surface area (Å²) in [6.45, 7) is 4.91. The number of ether oxygens (including phenoxy) is 3. The summed E-state index contributed by atoms with van der Waals surface area (Å²) in [6.07, 6.45) is 4.78. The molecule has 35 heavy (non-hydrogen) atoms.